The number of carbonyl (C=O) groups excluding carboxylic acids is 1. The van der Waals surface area contributed by atoms with E-state index in [1.165, 1.54) is 4.90 Å². The third-order valence-electron chi connectivity index (χ3n) is 3.36. The van der Waals surface area contributed by atoms with Gasteiger partial charge in [0.15, 0.2) is 11.4 Å². The van der Waals surface area contributed by atoms with Crippen LogP contribution < -0.4 is 10.9 Å². The highest BCUT2D eigenvalue weighted by atomic mass is 16.5. The summed E-state index contributed by atoms with van der Waals surface area (Å²) in [4.78, 5) is 36.6. The molecule has 1 aliphatic rings. The van der Waals surface area contributed by atoms with Crippen LogP contribution in [0, 0.1) is 0 Å². The summed E-state index contributed by atoms with van der Waals surface area (Å²) in [6.45, 7) is 4.82. The molecule has 3 N–H and O–H groups in total. The minimum absolute atomic E-state index is 0.1000. The van der Waals surface area contributed by atoms with Crippen LogP contribution in [-0.4, -0.2) is 57.6 Å². The van der Waals surface area contributed by atoms with Crippen LogP contribution in [0.1, 0.15) is 41.1 Å². The van der Waals surface area contributed by atoms with E-state index >= 15 is 0 Å². The van der Waals surface area contributed by atoms with Gasteiger partial charge in [-0.3, -0.25) is 14.3 Å². The Labute approximate surface area is 132 Å². The molecule has 0 aliphatic carbocycles. The number of pyridine rings is 1. The largest absolute Gasteiger partial charge is 0.502 e. The fourth-order valence-electron chi connectivity index (χ4n) is 2.22. The van der Waals surface area contributed by atoms with Crippen LogP contribution in [0.2, 0.25) is 0 Å². The summed E-state index contributed by atoms with van der Waals surface area (Å²) in [5, 5.41) is 18.8. The average Bonchev–Trinajstić information content (AvgIpc) is 2.48. The zero-order valence-corrected chi connectivity index (χ0v) is 12.9. The van der Waals surface area contributed by atoms with Gasteiger partial charge < -0.3 is 25.3 Å². The molecule has 1 amide bonds. The second-order valence-corrected chi connectivity index (χ2v) is 5.40. The van der Waals surface area contributed by atoms with E-state index in [-0.39, 0.29) is 18.5 Å². The van der Waals surface area contributed by atoms with Gasteiger partial charge in [0.2, 0.25) is 5.43 Å². The van der Waals surface area contributed by atoms with Crippen molar-refractivity contribution in [3.8, 4) is 5.75 Å². The summed E-state index contributed by atoms with van der Waals surface area (Å²) >= 11 is 0. The van der Waals surface area contributed by atoms with Gasteiger partial charge >= 0.3 is 5.97 Å². The predicted molar refractivity (Wildman–Crippen MR) is 80.3 cm³/mol. The molecule has 0 atom stereocenters. The first kappa shape index (κ1) is 16.8. The van der Waals surface area contributed by atoms with E-state index in [0.29, 0.717) is 19.6 Å². The van der Waals surface area contributed by atoms with Gasteiger partial charge in [-0.15, -0.1) is 0 Å². The van der Waals surface area contributed by atoms with E-state index < -0.39 is 28.6 Å². The van der Waals surface area contributed by atoms with Crippen molar-refractivity contribution in [2.45, 2.75) is 26.4 Å². The number of aromatic carboxylic acids is 1. The van der Waals surface area contributed by atoms with E-state index in [1.54, 1.807) is 0 Å². The van der Waals surface area contributed by atoms with Crippen molar-refractivity contribution in [1.82, 2.24) is 9.58 Å². The highest BCUT2D eigenvalue weighted by molar-refractivity contribution is 5.97. The minimum atomic E-state index is -1.47. The molecule has 0 aromatic carbocycles. The van der Waals surface area contributed by atoms with Crippen LogP contribution in [0.25, 0.3) is 0 Å². The first-order valence-electron chi connectivity index (χ1n) is 7.19. The van der Waals surface area contributed by atoms with Crippen LogP contribution >= 0.6 is 0 Å². The van der Waals surface area contributed by atoms with Crippen LogP contribution in [0.5, 0.6) is 5.75 Å². The molecule has 1 aliphatic heterocycles. The van der Waals surface area contributed by atoms with Crippen molar-refractivity contribution >= 4 is 11.9 Å². The second kappa shape index (κ2) is 6.69. The first-order chi connectivity index (χ1) is 10.8. The van der Waals surface area contributed by atoms with Crippen LogP contribution in [0.15, 0.2) is 11.0 Å². The Hall–Kier alpha value is -2.55. The molecule has 9 nitrogen and oxygen atoms in total. The standard InChI is InChI=1S/C14H19N3O6/c1-8(2)23-5-3-4-16-7-15-17-6-9(14(21)22)11(18)12(19)10(17)13(16)20/h6,8,15,19H,3-5,7H2,1-2H3,(H,21,22). The molecule has 0 fully saturated rings. The molecule has 1 aromatic heterocycles. The number of aromatic hydroxyl groups is 1. The number of amides is 1. The SMILES string of the molecule is CC(C)OCCCN1CNn2cc(C(=O)O)c(=O)c(O)c2C1=O. The molecule has 0 saturated carbocycles. The van der Waals surface area contributed by atoms with Crippen molar-refractivity contribution in [3.63, 3.8) is 0 Å². The van der Waals surface area contributed by atoms with E-state index in [4.69, 9.17) is 9.84 Å². The van der Waals surface area contributed by atoms with Gasteiger partial charge in [0, 0.05) is 19.3 Å². The van der Waals surface area contributed by atoms with Crippen molar-refractivity contribution < 1.29 is 24.5 Å². The van der Waals surface area contributed by atoms with Crippen molar-refractivity contribution in [1.29, 1.82) is 0 Å². The van der Waals surface area contributed by atoms with Crippen LogP contribution in [-0.2, 0) is 4.74 Å². The van der Waals surface area contributed by atoms with Crippen molar-refractivity contribution in [2.24, 2.45) is 0 Å². The molecule has 0 unspecified atom stereocenters. The quantitative estimate of drug-likeness (QED) is 0.631. The van der Waals surface area contributed by atoms with E-state index in [9.17, 15) is 19.5 Å². The summed E-state index contributed by atoms with van der Waals surface area (Å²) in [5.41, 5.74) is 0.821. The highest BCUT2D eigenvalue weighted by Crippen LogP contribution is 2.18. The highest BCUT2D eigenvalue weighted by Gasteiger charge is 2.30. The third-order valence-corrected chi connectivity index (χ3v) is 3.36. The lowest BCUT2D eigenvalue weighted by Crippen LogP contribution is -2.47. The van der Waals surface area contributed by atoms with Crippen LogP contribution in [0.3, 0.4) is 0 Å². The maximum atomic E-state index is 12.4. The topological polar surface area (TPSA) is 121 Å². The number of hydrogen-bond acceptors (Lipinski definition) is 6. The number of aromatic nitrogens is 1. The number of carboxylic acid groups (broad SMARTS) is 1. The van der Waals surface area contributed by atoms with Gasteiger partial charge in [-0.05, 0) is 20.3 Å². The Balaban J connectivity index is 2.18. The Kier molecular flexibility index (Phi) is 4.89. The van der Waals surface area contributed by atoms with Crippen molar-refractivity contribution in [3.05, 3.63) is 27.7 Å². The Morgan fingerprint density at radius 1 is 1.43 bits per heavy atom. The number of hydrogen-bond donors (Lipinski definition) is 3. The molecule has 0 spiro atoms. The van der Waals surface area contributed by atoms with E-state index in [1.807, 2.05) is 13.8 Å². The zero-order chi connectivity index (χ0) is 17.1. The number of carboxylic acids is 1. The fraction of sp³-hybridized carbons (Fsp3) is 0.500. The lowest BCUT2D eigenvalue weighted by Gasteiger charge is -2.31. The van der Waals surface area contributed by atoms with Gasteiger partial charge in [-0.25, -0.2) is 4.79 Å². The lowest BCUT2D eigenvalue weighted by molar-refractivity contribution is 0.0593. The van der Waals surface area contributed by atoms with E-state index in [0.717, 1.165) is 10.9 Å². The maximum absolute atomic E-state index is 12.4. The number of carbonyl (C=O) groups is 2. The molecule has 126 valence electrons. The zero-order valence-electron chi connectivity index (χ0n) is 12.9. The molecule has 9 heteroatoms. The average molecular weight is 325 g/mol. The normalized spacial score (nSPS) is 13.9. The molecule has 2 heterocycles. The van der Waals surface area contributed by atoms with E-state index in [2.05, 4.69) is 5.43 Å². The Morgan fingerprint density at radius 3 is 2.74 bits per heavy atom. The third kappa shape index (κ3) is 3.45. The second-order valence-electron chi connectivity index (χ2n) is 5.40. The van der Waals surface area contributed by atoms with Gasteiger partial charge in [0.05, 0.1) is 6.10 Å². The number of nitrogens with zero attached hydrogens (tertiary/aromatic N) is 2. The Morgan fingerprint density at radius 2 is 2.13 bits per heavy atom. The van der Waals surface area contributed by atoms with Gasteiger partial charge in [-0.2, -0.15) is 0 Å². The molecule has 0 radical (unpaired) electrons. The molecular formula is C14H19N3O6. The summed E-state index contributed by atoms with van der Waals surface area (Å²) in [7, 11) is 0. The summed E-state index contributed by atoms with van der Waals surface area (Å²) in [5.74, 6) is -2.88. The molecule has 0 saturated heterocycles. The van der Waals surface area contributed by atoms with Crippen molar-refractivity contribution in [2.75, 3.05) is 25.2 Å². The van der Waals surface area contributed by atoms with Gasteiger partial charge in [-0.1, -0.05) is 0 Å². The monoisotopic (exact) mass is 325 g/mol. The molecule has 23 heavy (non-hydrogen) atoms. The number of nitrogens with one attached hydrogen (secondary N) is 1. The molecule has 1 aromatic rings. The van der Waals surface area contributed by atoms with Gasteiger partial charge in [0.25, 0.3) is 5.91 Å². The molecular weight excluding hydrogens is 306 g/mol. The smallest absolute Gasteiger partial charge is 0.341 e. The van der Waals surface area contributed by atoms with Crippen LogP contribution in [0.4, 0.5) is 0 Å². The van der Waals surface area contributed by atoms with Gasteiger partial charge in [0.1, 0.15) is 12.2 Å². The number of rotatable bonds is 6. The first-order valence-corrected chi connectivity index (χ1v) is 7.19. The fourth-order valence-corrected chi connectivity index (χ4v) is 2.22. The summed E-state index contributed by atoms with van der Waals surface area (Å²) in [6.07, 6.45) is 1.70. The molecule has 0 bridgehead atoms. The number of ether oxygens (including phenoxy) is 1. The summed E-state index contributed by atoms with van der Waals surface area (Å²) < 4.78 is 6.47. The number of fused-ring (bicyclic) bond motifs is 1. The lowest BCUT2D eigenvalue weighted by atomic mass is 10.2. The Bertz CT molecular complexity index is 682. The summed E-state index contributed by atoms with van der Waals surface area (Å²) in [6, 6.07) is 0. The maximum Gasteiger partial charge on any atom is 0.341 e. The minimum Gasteiger partial charge on any atom is -0.502 e. The molecule has 2 rings (SSSR count). The predicted octanol–water partition coefficient (Wildman–Crippen LogP) is 0.0240.